The van der Waals surface area contributed by atoms with E-state index >= 15 is 0 Å². The van der Waals surface area contributed by atoms with E-state index in [-0.39, 0.29) is 0 Å². The van der Waals surface area contributed by atoms with Crippen molar-refractivity contribution >= 4 is 11.4 Å². The van der Waals surface area contributed by atoms with Gasteiger partial charge in [-0.25, -0.2) is 0 Å². The third-order valence-corrected chi connectivity index (χ3v) is 4.19. The average molecular weight is 266 g/mol. The summed E-state index contributed by atoms with van der Waals surface area (Å²) in [5.74, 6) is 0. The third kappa shape index (κ3) is 2.32. The lowest BCUT2D eigenvalue weighted by Gasteiger charge is -2.28. The second-order valence-corrected chi connectivity index (χ2v) is 5.69. The highest BCUT2D eigenvalue weighted by atomic mass is 15.1. The Hall–Kier alpha value is -1.80. The molecule has 0 unspecified atom stereocenters. The van der Waals surface area contributed by atoms with Crippen molar-refractivity contribution in [3.63, 3.8) is 0 Å². The van der Waals surface area contributed by atoms with E-state index in [0.29, 0.717) is 0 Å². The molecule has 0 aromatic heterocycles. The molecule has 0 bridgehead atoms. The molecule has 2 aromatic carbocycles. The summed E-state index contributed by atoms with van der Waals surface area (Å²) in [6.45, 7) is 6.40. The average Bonchev–Trinajstić information content (AvgIpc) is 2.46. The van der Waals surface area contributed by atoms with E-state index in [1.807, 2.05) is 0 Å². The molecule has 0 amide bonds. The number of benzene rings is 2. The van der Waals surface area contributed by atoms with Gasteiger partial charge < -0.3 is 10.2 Å². The lowest BCUT2D eigenvalue weighted by atomic mass is 9.98. The van der Waals surface area contributed by atoms with Crippen molar-refractivity contribution in [2.45, 2.75) is 26.8 Å². The van der Waals surface area contributed by atoms with Crippen LogP contribution in [-0.2, 0) is 13.0 Å². The van der Waals surface area contributed by atoms with Crippen LogP contribution in [0, 0.1) is 13.8 Å². The predicted molar refractivity (Wildman–Crippen MR) is 85.8 cm³/mol. The maximum absolute atomic E-state index is 3.45. The Bertz CT molecular complexity index is 631. The zero-order valence-corrected chi connectivity index (χ0v) is 12.5. The normalized spacial score (nSPS) is 13.9. The van der Waals surface area contributed by atoms with Crippen LogP contribution in [0.15, 0.2) is 36.4 Å². The molecule has 2 nitrogen and oxygen atoms in total. The Morgan fingerprint density at radius 2 is 1.90 bits per heavy atom. The van der Waals surface area contributed by atoms with Crippen LogP contribution in [0.3, 0.4) is 0 Å². The van der Waals surface area contributed by atoms with Crippen LogP contribution in [0.2, 0.25) is 0 Å². The largest absolute Gasteiger partial charge is 0.344 e. The van der Waals surface area contributed by atoms with Crippen LogP contribution < -0.4 is 10.2 Å². The summed E-state index contributed by atoms with van der Waals surface area (Å²) in [5, 5.41) is 3.45. The fraction of sp³-hybridized carbons (Fsp3) is 0.333. The van der Waals surface area contributed by atoms with Gasteiger partial charge in [0.05, 0.1) is 0 Å². The molecule has 0 atom stereocenters. The molecular weight excluding hydrogens is 244 g/mol. The number of nitrogens with one attached hydrogen (secondary N) is 1. The number of hydrogen-bond donors (Lipinski definition) is 1. The van der Waals surface area contributed by atoms with Crippen molar-refractivity contribution in [3.05, 3.63) is 58.7 Å². The van der Waals surface area contributed by atoms with Gasteiger partial charge in [0.1, 0.15) is 0 Å². The van der Waals surface area contributed by atoms with Gasteiger partial charge in [0.25, 0.3) is 0 Å². The molecule has 0 aliphatic carbocycles. The first-order chi connectivity index (χ1) is 9.66. The minimum absolute atomic E-state index is 0.990. The SMILES string of the molecule is Cc1ccc(N(C)c2cccc3c2CCNC3)c(C)c1. The van der Waals surface area contributed by atoms with Crippen LogP contribution in [0.25, 0.3) is 0 Å². The Balaban J connectivity index is 2.04. The highest BCUT2D eigenvalue weighted by Gasteiger charge is 2.16. The predicted octanol–water partition coefficient (Wildman–Crippen LogP) is 3.72. The van der Waals surface area contributed by atoms with E-state index in [4.69, 9.17) is 0 Å². The third-order valence-electron chi connectivity index (χ3n) is 4.19. The lowest BCUT2D eigenvalue weighted by Crippen LogP contribution is -2.25. The molecule has 104 valence electrons. The molecule has 1 aliphatic rings. The monoisotopic (exact) mass is 266 g/mol. The van der Waals surface area contributed by atoms with Gasteiger partial charge in [-0.3, -0.25) is 0 Å². The summed E-state index contributed by atoms with van der Waals surface area (Å²) in [7, 11) is 2.18. The van der Waals surface area contributed by atoms with E-state index in [1.54, 1.807) is 0 Å². The number of hydrogen-bond acceptors (Lipinski definition) is 2. The summed E-state index contributed by atoms with van der Waals surface area (Å²) in [5.41, 5.74) is 8.22. The summed E-state index contributed by atoms with van der Waals surface area (Å²) >= 11 is 0. The highest BCUT2D eigenvalue weighted by molar-refractivity contribution is 5.70. The first-order valence-corrected chi connectivity index (χ1v) is 7.29. The van der Waals surface area contributed by atoms with Crippen LogP contribution in [0.1, 0.15) is 22.3 Å². The molecule has 0 radical (unpaired) electrons. The van der Waals surface area contributed by atoms with Gasteiger partial charge in [0, 0.05) is 25.0 Å². The standard InChI is InChI=1S/C18H22N2/c1-13-7-8-17(14(2)11-13)20(3)18-6-4-5-15-12-19-10-9-16(15)18/h4-8,11,19H,9-10,12H2,1-3H3. The first-order valence-electron chi connectivity index (χ1n) is 7.29. The Kier molecular flexibility index (Phi) is 3.49. The first kappa shape index (κ1) is 13.2. The van der Waals surface area contributed by atoms with Crippen LogP contribution >= 0.6 is 0 Å². The number of anilines is 2. The molecule has 3 rings (SSSR count). The molecule has 1 heterocycles. The van der Waals surface area contributed by atoms with E-state index < -0.39 is 0 Å². The van der Waals surface area contributed by atoms with E-state index in [1.165, 1.54) is 33.6 Å². The van der Waals surface area contributed by atoms with Gasteiger partial charge in [-0.15, -0.1) is 0 Å². The molecule has 1 aliphatic heterocycles. The lowest BCUT2D eigenvalue weighted by molar-refractivity contribution is 0.643. The molecule has 0 spiro atoms. The minimum Gasteiger partial charge on any atom is -0.344 e. The number of rotatable bonds is 2. The van der Waals surface area contributed by atoms with Crippen LogP contribution in [0.5, 0.6) is 0 Å². The molecule has 20 heavy (non-hydrogen) atoms. The second-order valence-electron chi connectivity index (χ2n) is 5.69. The van der Waals surface area contributed by atoms with Crippen molar-refractivity contribution in [2.24, 2.45) is 0 Å². The highest BCUT2D eigenvalue weighted by Crippen LogP contribution is 2.32. The number of fused-ring (bicyclic) bond motifs is 1. The minimum atomic E-state index is 0.990. The van der Waals surface area contributed by atoms with E-state index in [2.05, 4.69) is 67.5 Å². The van der Waals surface area contributed by atoms with Crippen molar-refractivity contribution in [1.82, 2.24) is 5.32 Å². The molecular formula is C18H22N2. The molecule has 0 fully saturated rings. The fourth-order valence-corrected chi connectivity index (χ4v) is 3.14. The smallest absolute Gasteiger partial charge is 0.0444 e. The van der Waals surface area contributed by atoms with Gasteiger partial charge in [0.15, 0.2) is 0 Å². The van der Waals surface area contributed by atoms with Gasteiger partial charge in [0.2, 0.25) is 0 Å². The fourth-order valence-electron chi connectivity index (χ4n) is 3.14. The molecule has 0 saturated heterocycles. The Labute approximate surface area is 121 Å². The molecule has 0 saturated carbocycles. The van der Waals surface area contributed by atoms with Gasteiger partial charge in [-0.05, 0) is 55.6 Å². The number of aryl methyl sites for hydroxylation is 2. The summed E-state index contributed by atoms with van der Waals surface area (Å²) in [4.78, 5) is 2.33. The maximum Gasteiger partial charge on any atom is 0.0444 e. The topological polar surface area (TPSA) is 15.3 Å². The zero-order chi connectivity index (χ0) is 14.1. The van der Waals surface area contributed by atoms with Crippen molar-refractivity contribution in [3.8, 4) is 0 Å². The van der Waals surface area contributed by atoms with Crippen molar-refractivity contribution in [1.29, 1.82) is 0 Å². The quantitative estimate of drug-likeness (QED) is 0.891. The Morgan fingerprint density at radius 3 is 2.70 bits per heavy atom. The van der Waals surface area contributed by atoms with Crippen molar-refractivity contribution < 1.29 is 0 Å². The molecule has 1 N–H and O–H groups in total. The molecule has 2 heteroatoms. The summed E-state index contributed by atoms with van der Waals surface area (Å²) < 4.78 is 0. The van der Waals surface area contributed by atoms with Gasteiger partial charge in [-0.2, -0.15) is 0 Å². The van der Waals surface area contributed by atoms with E-state index in [0.717, 1.165) is 19.5 Å². The van der Waals surface area contributed by atoms with E-state index in [9.17, 15) is 0 Å². The molecule has 2 aromatic rings. The Morgan fingerprint density at radius 1 is 1.05 bits per heavy atom. The van der Waals surface area contributed by atoms with Crippen LogP contribution in [0.4, 0.5) is 11.4 Å². The second kappa shape index (κ2) is 5.29. The van der Waals surface area contributed by atoms with Crippen molar-refractivity contribution in [2.75, 3.05) is 18.5 Å². The summed E-state index contributed by atoms with van der Waals surface area (Å²) in [6, 6.07) is 13.3. The number of nitrogens with zero attached hydrogens (tertiary/aromatic N) is 1. The van der Waals surface area contributed by atoms with Crippen LogP contribution in [-0.4, -0.2) is 13.6 Å². The summed E-state index contributed by atoms with van der Waals surface area (Å²) in [6.07, 6.45) is 1.11. The maximum atomic E-state index is 3.45. The van der Waals surface area contributed by atoms with Gasteiger partial charge >= 0.3 is 0 Å². The zero-order valence-electron chi connectivity index (χ0n) is 12.5. The van der Waals surface area contributed by atoms with Gasteiger partial charge in [-0.1, -0.05) is 29.8 Å².